The first kappa shape index (κ1) is 22.0. The molecule has 0 aliphatic heterocycles. The summed E-state index contributed by atoms with van der Waals surface area (Å²) in [6.07, 6.45) is 1.82. The van der Waals surface area contributed by atoms with Gasteiger partial charge in [0.25, 0.3) is 0 Å². The topological polar surface area (TPSA) is 50.9 Å². The number of benzene rings is 4. The van der Waals surface area contributed by atoms with Crippen LogP contribution in [0.15, 0.2) is 134 Å². The van der Waals surface area contributed by atoms with Gasteiger partial charge in [0.2, 0.25) is 0 Å². The minimum Gasteiger partial charge on any atom is -0.507 e. The lowest BCUT2D eigenvalue weighted by Crippen LogP contribution is -1.99. The van der Waals surface area contributed by atoms with Gasteiger partial charge in [0.05, 0.1) is 11.2 Å². The van der Waals surface area contributed by atoms with E-state index in [4.69, 9.17) is 4.98 Å². The van der Waals surface area contributed by atoms with Crippen LogP contribution in [0.3, 0.4) is 0 Å². The molecule has 0 spiro atoms. The third kappa shape index (κ3) is 3.62. The normalized spacial score (nSPS) is 11.3. The molecule has 0 saturated carbocycles. The van der Waals surface area contributed by atoms with E-state index in [0.717, 1.165) is 61.3 Å². The summed E-state index contributed by atoms with van der Waals surface area (Å²) in [4.78, 5) is 9.76. The highest BCUT2D eigenvalue weighted by molar-refractivity contribution is 6.07. The molecule has 7 rings (SSSR count). The molecule has 0 aliphatic rings. The largest absolute Gasteiger partial charge is 0.507 e. The van der Waals surface area contributed by atoms with Crippen LogP contribution in [0.1, 0.15) is 0 Å². The smallest absolute Gasteiger partial charge is 0.146 e. The highest BCUT2D eigenvalue weighted by atomic mass is 16.3. The van der Waals surface area contributed by atoms with Crippen molar-refractivity contribution < 1.29 is 5.11 Å². The van der Waals surface area contributed by atoms with E-state index in [1.165, 1.54) is 0 Å². The summed E-state index contributed by atoms with van der Waals surface area (Å²) in [5, 5.41) is 13.5. The van der Waals surface area contributed by atoms with Crippen molar-refractivity contribution >= 4 is 21.9 Å². The van der Waals surface area contributed by atoms with Crippen LogP contribution in [-0.4, -0.2) is 19.6 Å². The summed E-state index contributed by atoms with van der Waals surface area (Å²) < 4.78 is 2.12. The molecule has 3 heterocycles. The Bertz CT molecular complexity index is 1890. The standard InChI is InChI=1S/C34H23N3O/c38-33-26(23-10-2-1-3-11-23)15-7-16-27(33)24-12-6-13-25(22-24)30-18-8-20-32(36-30)37-31-19-5-4-14-28(31)29-17-9-21-35-34(29)37/h1-22,38H. The van der Waals surface area contributed by atoms with Gasteiger partial charge in [-0.3, -0.25) is 4.57 Å². The quantitative estimate of drug-likeness (QED) is 0.271. The number of aromatic hydroxyl groups is 1. The summed E-state index contributed by atoms with van der Waals surface area (Å²) in [5.74, 6) is 1.08. The predicted molar refractivity (Wildman–Crippen MR) is 154 cm³/mol. The number of rotatable bonds is 4. The van der Waals surface area contributed by atoms with E-state index in [0.29, 0.717) is 0 Å². The van der Waals surface area contributed by atoms with Crippen molar-refractivity contribution in [3.05, 3.63) is 134 Å². The predicted octanol–water partition coefficient (Wildman–Crippen LogP) is 8.28. The van der Waals surface area contributed by atoms with Crippen molar-refractivity contribution in [2.45, 2.75) is 0 Å². The number of pyridine rings is 2. The van der Waals surface area contributed by atoms with Crippen LogP contribution >= 0.6 is 0 Å². The Labute approximate surface area is 220 Å². The lowest BCUT2D eigenvalue weighted by Gasteiger charge is -2.12. The van der Waals surface area contributed by atoms with Crippen molar-refractivity contribution in [2.75, 3.05) is 0 Å². The molecule has 38 heavy (non-hydrogen) atoms. The SMILES string of the molecule is Oc1c(-c2ccccc2)cccc1-c1cccc(-c2cccc(-n3c4ccccc4c4cccnc43)n2)c1. The molecule has 0 saturated heterocycles. The molecule has 0 atom stereocenters. The van der Waals surface area contributed by atoms with E-state index in [1.54, 1.807) is 0 Å². The summed E-state index contributed by atoms with van der Waals surface area (Å²) in [7, 11) is 0. The fraction of sp³-hybridized carbons (Fsp3) is 0. The number of phenolic OH excluding ortho intramolecular Hbond substituents is 1. The van der Waals surface area contributed by atoms with Gasteiger partial charge in [-0.1, -0.05) is 91.0 Å². The molecule has 0 unspecified atom stereocenters. The van der Waals surface area contributed by atoms with Crippen LogP contribution in [0.4, 0.5) is 0 Å². The Morgan fingerprint density at radius 1 is 0.553 bits per heavy atom. The number of aromatic nitrogens is 3. The Hall–Kier alpha value is -5.22. The zero-order chi connectivity index (χ0) is 25.5. The van der Waals surface area contributed by atoms with E-state index in [9.17, 15) is 5.11 Å². The van der Waals surface area contributed by atoms with Gasteiger partial charge in [-0.05, 0) is 47.5 Å². The fourth-order valence-electron chi connectivity index (χ4n) is 5.21. The average molecular weight is 490 g/mol. The molecule has 3 aromatic heterocycles. The molecule has 0 radical (unpaired) electrons. The fourth-order valence-corrected chi connectivity index (χ4v) is 5.21. The number of hydrogen-bond donors (Lipinski definition) is 1. The molecule has 4 nitrogen and oxygen atoms in total. The van der Waals surface area contributed by atoms with Gasteiger partial charge >= 0.3 is 0 Å². The zero-order valence-corrected chi connectivity index (χ0v) is 20.5. The first-order chi connectivity index (χ1) is 18.8. The Morgan fingerprint density at radius 2 is 1.24 bits per heavy atom. The first-order valence-corrected chi connectivity index (χ1v) is 12.6. The van der Waals surface area contributed by atoms with Crippen molar-refractivity contribution in [3.63, 3.8) is 0 Å². The lowest BCUT2D eigenvalue weighted by atomic mass is 9.96. The summed E-state index contributed by atoms with van der Waals surface area (Å²) >= 11 is 0. The van der Waals surface area contributed by atoms with E-state index < -0.39 is 0 Å². The van der Waals surface area contributed by atoms with Gasteiger partial charge in [0.15, 0.2) is 0 Å². The number of hydrogen-bond acceptors (Lipinski definition) is 3. The van der Waals surface area contributed by atoms with Gasteiger partial charge in [-0.2, -0.15) is 0 Å². The molecule has 180 valence electrons. The van der Waals surface area contributed by atoms with Crippen LogP contribution in [-0.2, 0) is 0 Å². The first-order valence-electron chi connectivity index (χ1n) is 12.6. The number of phenols is 1. The molecule has 4 aromatic carbocycles. The van der Waals surface area contributed by atoms with Gasteiger partial charge in [-0.15, -0.1) is 0 Å². The maximum Gasteiger partial charge on any atom is 0.146 e. The van der Waals surface area contributed by atoms with Crippen LogP contribution in [0.5, 0.6) is 5.75 Å². The van der Waals surface area contributed by atoms with Gasteiger partial charge in [0, 0.05) is 33.7 Å². The molecular formula is C34H23N3O. The minimum absolute atomic E-state index is 0.272. The van der Waals surface area contributed by atoms with E-state index >= 15 is 0 Å². The highest BCUT2D eigenvalue weighted by Crippen LogP contribution is 2.39. The van der Waals surface area contributed by atoms with Crippen LogP contribution in [0.2, 0.25) is 0 Å². The highest BCUT2D eigenvalue weighted by Gasteiger charge is 2.15. The summed E-state index contributed by atoms with van der Waals surface area (Å²) in [5.41, 5.74) is 7.30. The zero-order valence-electron chi connectivity index (χ0n) is 20.5. The second-order valence-corrected chi connectivity index (χ2v) is 9.26. The van der Waals surface area contributed by atoms with Crippen molar-refractivity contribution in [3.8, 4) is 45.1 Å². The van der Waals surface area contributed by atoms with Crippen LogP contribution in [0.25, 0.3) is 61.3 Å². The summed E-state index contributed by atoms with van der Waals surface area (Å²) in [6, 6.07) is 42.5. The van der Waals surface area contributed by atoms with Gasteiger partial charge in [-0.25, -0.2) is 9.97 Å². The molecule has 4 heteroatoms. The maximum atomic E-state index is 11.2. The van der Waals surface area contributed by atoms with Crippen molar-refractivity contribution in [2.24, 2.45) is 0 Å². The second-order valence-electron chi connectivity index (χ2n) is 9.26. The Morgan fingerprint density at radius 3 is 2.13 bits per heavy atom. The van der Waals surface area contributed by atoms with Gasteiger partial charge in [0.1, 0.15) is 17.2 Å². The third-order valence-corrected chi connectivity index (χ3v) is 6.99. The Balaban J connectivity index is 1.34. The molecular weight excluding hydrogens is 466 g/mol. The van der Waals surface area contributed by atoms with Crippen LogP contribution < -0.4 is 0 Å². The van der Waals surface area contributed by atoms with E-state index in [2.05, 4.69) is 45.9 Å². The second kappa shape index (κ2) is 9.02. The maximum absolute atomic E-state index is 11.2. The van der Waals surface area contributed by atoms with Crippen molar-refractivity contribution in [1.29, 1.82) is 0 Å². The summed E-state index contributed by atoms with van der Waals surface area (Å²) in [6.45, 7) is 0. The molecule has 1 N–H and O–H groups in total. The number of fused-ring (bicyclic) bond motifs is 3. The lowest BCUT2D eigenvalue weighted by molar-refractivity contribution is 0.479. The van der Waals surface area contributed by atoms with E-state index in [-0.39, 0.29) is 5.75 Å². The van der Waals surface area contributed by atoms with E-state index in [1.807, 2.05) is 97.2 Å². The average Bonchev–Trinajstić information content (AvgIpc) is 3.32. The molecule has 0 amide bonds. The molecule has 0 fully saturated rings. The molecule has 0 aliphatic carbocycles. The minimum atomic E-state index is 0.272. The monoisotopic (exact) mass is 489 g/mol. The van der Waals surface area contributed by atoms with Gasteiger partial charge < -0.3 is 5.11 Å². The van der Waals surface area contributed by atoms with Crippen molar-refractivity contribution in [1.82, 2.24) is 14.5 Å². The molecule has 0 bridgehead atoms. The molecule has 7 aromatic rings. The van der Waals surface area contributed by atoms with Crippen LogP contribution in [0, 0.1) is 0 Å². The number of nitrogens with zero attached hydrogens (tertiary/aromatic N) is 3. The third-order valence-electron chi connectivity index (χ3n) is 6.99. The number of para-hydroxylation sites is 2. The Kier molecular flexibility index (Phi) is 5.22.